The highest BCUT2D eigenvalue weighted by Crippen LogP contribution is 2.20. The highest BCUT2D eigenvalue weighted by atomic mass is 14.8. The number of nitrogens with one attached hydrogen (secondary N) is 1. The van der Waals surface area contributed by atoms with Crippen LogP contribution in [0.4, 0.5) is 0 Å². The lowest BCUT2D eigenvalue weighted by Crippen LogP contribution is -2.14. The summed E-state index contributed by atoms with van der Waals surface area (Å²) in [4.78, 5) is 0. The molecule has 0 aromatic heterocycles. The second-order valence-electron chi connectivity index (χ2n) is 5.17. The van der Waals surface area contributed by atoms with Gasteiger partial charge in [0.15, 0.2) is 0 Å². The molecule has 1 nitrogen and oxygen atoms in total. The van der Waals surface area contributed by atoms with Crippen LogP contribution in [0.15, 0.2) is 18.2 Å². The van der Waals surface area contributed by atoms with Gasteiger partial charge >= 0.3 is 0 Å². The van der Waals surface area contributed by atoms with Crippen molar-refractivity contribution in [1.82, 2.24) is 5.32 Å². The van der Waals surface area contributed by atoms with Crippen LogP contribution in [0.2, 0.25) is 0 Å². The van der Waals surface area contributed by atoms with Gasteiger partial charge in [-0.1, -0.05) is 18.2 Å². The van der Waals surface area contributed by atoms with Crippen molar-refractivity contribution in [3.63, 3.8) is 0 Å². The van der Waals surface area contributed by atoms with Crippen molar-refractivity contribution >= 4 is 0 Å². The first-order valence-electron chi connectivity index (χ1n) is 6.52. The van der Waals surface area contributed by atoms with Gasteiger partial charge in [-0.25, -0.2) is 0 Å². The maximum Gasteiger partial charge on any atom is -0.00462 e. The highest BCUT2D eigenvalue weighted by Gasteiger charge is 2.12. The maximum atomic E-state index is 3.48. The van der Waals surface area contributed by atoms with E-state index in [4.69, 9.17) is 0 Å². The van der Waals surface area contributed by atoms with Crippen LogP contribution in [-0.4, -0.2) is 13.1 Å². The van der Waals surface area contributed by atoms with E-state index < -0.39 is 0 Å². The van der Waals surface area contributed by atoms with Crippen LogP contribution in [-0.2, 0) is 6.42 Å². The van der Waals surface area contributed by atoms with Gasteiger partial charge in [0, 0.05) is 0 Å². The number of hydrogen-bond acceptors (Lipinski definition) is 1. The Bertz CT molecular complexity index is 335. The van der Waals surface area contributed by atoms with E-state index in [9.17, 15) is 0 Å². The van der Waals surface area contributed by atoms with Crippen LogP contribution >= 0.6 is 0 Å². The van der Waals surface area contributed by atoms with Gasteiger partial charge in [0.25, 0.3) is 0 Å². The van der Waals surface area contributed by atoms with Crippen LogP contribution in [0.25, 0.3) is 0 Å². The summed E-state index contributed by atoms with van der Waals surface area (Å²) in [5.74, 6) is 0.886. The summed E-state index contributed by atoms with van der Waals surface area (Å²) in [6, 6.07) is 6.94. The molecule has 1 saturated heterocycles. The SMILES string of the molecule is Cc1ccc(CC2CCCNCC2)cc1C. The van der Waals surface area contributed by atoms with Crippen LogP contribution in [0, 0.1) is 19.8 Å². The summed E-state index contributed by atoms with van der Waals surface area (Å²) < 4.78 is 0. The Labute approximate surface area is 99.3 Å². The van der Waals surface area contributed by atoms with E-state index in [2.05, 4.69) is 37.4 Å². The lowest BCUT2D eigenvalue weighted by Gasteiger charge is -2.14. The van der Waals surface area contributed by atoms with Crippen molar-refractivity contribution in [2.45, 2.75) is 39.5 Å². The third-order valence-electron chi connectivity index (χ3n) is 3.79. The van der Waals surface area contributed by atoms with E-state index in [1.54, 1.807) is 0 Å². The molecule has 1 aliphatic rings. The summed E-state index contributed by atoms with van der Waals surface area (Å²) in [6.07, 6.45) is 5.34. The molecule has 0 aliphatic carbocycles. The second kappa shape index (κ2) is 5.49. The van der Waals surface area contributed by atoms with E-state index in [0.29, 0.717) is 0 Å². The molecular weight excluding hydrogens is 194 g/mol. The van der Waals surface area contributed by atoms with E-state index in [0.717, 1.165) is 5.92 Å². The molecule has 0 amide bonds. The summed E-state index contributed by atoms with van der Waals surface area (Å²) in [5.41, 5.74) is 4.37. The Morgan fingerprint density at radius 2 is 2.00 bits per heavy atom. The highest BCUT2D eigenvalue weighted by molar-refractivity contribution is 5.30. The second-order valence-corrected chi connectivity index (χ2v) is 5.17. The van der Waals surface area contributed by atoms with E-state index in [1.807, 2.05) is 0 Å². The molecule has 1 aromatic rings. The summed E-state index contributed by atoms with van der Waals surface area (Å²) >= 11 is 0. The minimum Gasteiger partial charge on any atom is -0.317 e. The van der Waals surface area contributed by atoms with Crippen molar-refractivity contribution < 1.29 is 0 Å². The van der Waals surface area contributed by atoms with Gasteiger partial charge in [0.1, 0.15) is 0 Å². The molecule has 1 N–H and O–H groups in total. The molecule has 88 valence electrons. The first-order chi connectivity index (χ1) is 7.75. The normalized spacial score (nSPS) is 21.8. The zero-order valence-corrected chi connectivity index (χ0v) is 10.6. The lowest BCUT2D eigenvalue weighted by molar-refractivity contribution is 0.470. The monoisotopic (exact) mass is 217 g/mol. The Hall–Kier alpha value is -0.820. The fourth-order valence-electron chi connectivity index (χ4n) is 2.56. The van der Waals surface area contributed by atoms with Crippen molar-refractivity contribution in [2.75, 3.05) is 13.1 Å². The number of rotatable bonds is 2. The van der Waals surface area contributed by atoms with Gasteiger partial charge in [-0.15, -0.1) is 0 Å². The first kappa shape index (κ1) is 11.7. The molecule has 1 heterocycles. The molecule has 1 aromatic carbocycles. The molecule has 2 rings (SSSR count). The smallest absolute Gasteiger partial charge is 0.00462 e. The van der Waals surface area contributed by atoms with E-state index in [1.165, 1.54) is 55.5 Å². The molecular formula is C15H23N. The number of hydrogen-bond donors (Lipinski definition) is 1. The van der Waals surface area contributed by atoms with Crippen molar-refractivity contribution in [1.29, 1.82) is 0 Å². The molecule has 1 aliphatic heterocycles. The maximum absolute atomic E-state index is 3.48. The van der Waals surface area contributed by atoms with Gasteiger partial charge in [0.2, 0.25) is 0 Å². The average molecular weight is 217 g/mol. The standard InChI is InChI=1S/C15H23N/c1-12-5-6-15(10-13(12)2)11-14-4-3-8-16-9-7-14/h5-6,10,14,16H,3-4,7-9,11H2,1-2H3. The predicted molar refractivity (Wildman–Crippen MR) is 69.8 cm³/mol. The molecule has 0 saturated carbocycles. The lowest BCUT2D eigenvalue weighted by atomic mass is 9.91. The first-order valence-corrected chi connectivity index (χ1v) is 6.52. The summed E-state index contributed by atoms with van der Waals surface area (Å²) in [5, 5.41) is 3.48. The third kappa shape index (κ3) is 3.08. The zero-order chi connectivity index (χ0) is 11.4. The molecule has 0 bridgehead atoms. The fraction of sp³-hybridized carbons (Fsp3) is 0.600. The number of benzene rings is 1. The Balaban J connectivity index is 1.99. The zero-order valence-electron chi connectivity index (χ0n) is 10.6. The molecule has 1 atom stereocenters. The molecule has 0 radical (unpaired) electrons. The molecule has 1 unspecified atom stereocenters. The average Bonchev–Trinajstić information content (AvgIpc) is 2.52. The van der Waals surface area contributed by atoms with E-state index >= 15 is 0 Å². The minimum atomic E-state index is 0.886. The summed E-state index contributed by atoms with van der Waals surface area (Å²) in [6.45, 7) is 6.82. The van der Waals surface area contributed by atoms with Crippen molar-refractivity contribution in [3.8, 4) is 0 Å². The minimum absolute atomic E-state index is 0.886. The van der Waals surface area contributed by atoms with Gasteiger partial charge in [-0.2, -0.15) is 0 Å². The van der Waals surface area contributed by atoms with Gasteiger partial charge in [0.05, 0.1) is 0 Å². The largest absolute Gasteiger partial charge is 0.317 e. The van der Waals surface area contributed by atoms with E-state index in [-0.39, 0.29) is 0 Å². The predicted octanol–water partition coefficient (Wildman–Crippen LogP) is 3.24. The Morgan fingerprint density at radius 1 is 1.12 bits per heavy atom. The Kier molecular flexibility index (Phi) is 4.00. The van der Waals surface area contributed by atoms with Gasteiger partial charge < -0.3 is 5.32 Å². The Morgan fingerprint density at radius 3 is 2.81 bits per heavy atom. The van der Waals surface area contributed by atoms with Crippen LogP contribution in [0.3, 0.4) is 0 Å². The number of aryl methyl sites for hydroxylation is 2. The van der Waals surface area contributed by atoms with Crippen LogP contribution < -0.4 is 5.32 Å². The van der Waals surface area contributed by atoms with Crippen LogP contribution in [0.1, 0.15) is 36.0 Å². The summed E-state index contributed by atoms with van der Waals surface area (Å²) in [7, 11) is 0. The van der Waals surface area contributed by atoms with Gasteiger partial charge in [-0.3, -0.25) is 0 Å². The molecule has 1 fully saturated rings. The quantitative estimate of drug-likeness (QED) is 0.802. The van der Waals surface area contributed by atoms with Crippen molar-refractivity contribution in [3.05, 3.63) is 34.9 Å². The third-order valence-corrected chi connectivity index (χ3v) is 3.79. The fourth-order valence-corrected chi connectivity index (χ4v) is 2.56. The topological polar surface area (TPSA) is 12.0 Å². The molecule has 1 heteroatoms. The van der Waals surface area contributed by atoms with Crippen molar-refractivity contribution in [2.24, 2.45) is 5.92 Å². The molecule has 0 spiro atoms. The van der Waals surface area contributed by atoms with Crippen LogP contribution in [0.5, 0.6) is 0 Å². The molecule has 16 heavy (non-hydrogen) atoms. The van der Waals surface area contributed by atoms with Gasteiger partial charge in [-0.05, 0) is 75.2 Å².